The molecule has 1 aliphatic heterocycles. The molecule has 0 aromatic heterocycles. The molecule has 2 amide bonds. The number of nitrogens with zero attached hydrogens (tertiary/aromatic N) is 1. The summed E-state index contributed by atoms with van der Waals surface area (Å²) in [5.41, 5.74) is 3.49. The van der Waals surface area contributed by atoms with Crippen LogP contribution in [0.15, 0.2) is 72.8 Å². The highest BCUT2D eigenvalue weighted by molar-refractivity contribution is 5.98. The Morgan fingerprint density at radius 2 is 1.69 bits per heavy atom. The van der Waals surface area contributed by atoms with Crippen LogP contribution in [0, 0.1) is 0 Å². The van der Waals surface area contributed by atoms with Crippen LogP contribution in [-0.4, -0.2) is 30.9 Å². The monoisotopic (exact) mass is 430 g/mol. The molecule has 0 saturated heterocycles. The van der Waals surface area contributed by atoms with Gasteiger partial charge in [0.25, 0.3) is 5.91 Å². The Hall–Kier alpha value is -3.80. The van der Waals surface area contributed by atoms with E-state index in [9.17, 15) is 9.59 Å². The third kappa shape index (κ3) is 4.44. The lowest BCUT2D eigenvalue weighted by Gasteiger charge is -2.28. The number of rotatable bonds is 8. The minimum absolute atomic E-state index is 0.0729. The molecule has 0 saturated carbocycles. The zero-order valence-electron chi connectivity index (χ0n) is 18.2. The van der Waals surface area contributed by atoms with Gasteiger partial charge < -0.3 is 19.7 Å². The molecule has 6 heteroatoms. The Bertz CT molecular complexity index is 1110. The maximum Gasteiger partial charge on any atom is 0.255 e. The van der Waals surface area contributed by atoms with Crippen molar-refractivity contribution in [1.82, 2.24) is 10.2 Å². The Kier molecular flexibility index (Phi) is 6.40. The van der Waals surface area contributed by atoms with Crippen LogP contribution in [0.2, 0.25) is 0 Å². The Morgan fingerprint density at radius 3 is 2.41 bits per heavy atom. The molecule has 0 spiro atoms. The molecule has 0 radical (unpaired) electrons. The normalized spacial score (nSPS) is 13.4. The fourth-order valence-corrected chi connectivity index (χ4v) is 4.04. The quantitative estimate of drug-likeness (QED) is 0.584. The molecule has 164 valence electrons. The van der Waals surface area contributed by atoms with Gasteiger partial charge in [-0.2, -0.15) is 0 Å². The largest absolute Gasteiger partial charge is 0.493 e. The minimum atomic E-state index is -0.439. The lowest BCUT2D eigenvalue weighted by Crippen LogP contribution is -2.34. The second-order valence-electron chi connectivity index (χ2n) is 7.69. The van der Waals surface area contributed by atoms with Crippen LogP contribution in [-0.2, 0) is 17.9 Å². The fourth-order valence-electron chi connectivity index (χ4n) is 4.04. The van der Waals surface area contributed by atoms with Gasteiger partial charge in [0.05, 0.1) is 26.7 Å². The van der Waals surface area contributed by atoms with E-state index in [2.05, 4.69) is 5.32 Å². The minimum Gasteiger partial charge on any atom is -0.493 e. The van der Waals surface area contributed by atoms with Gasteiger partial charge in [-0.15, -0.1) is 0 Å². The Balaban J connectivity index is 1.60. The highest BCUT2D eigenvalue weighted by Gasteiger charge is 2.34. The van der Waals surface area contributed by atoms with Gasteiger partial charge in [-0.1, -0.05) is 54.6 Å². The van der Waals surface area contributed by atoms with Crippen molar-refractivity contribution in [1.29, 1.82) is 0 Å². The summed E-state index contributed by atoms with van der Waals surface area (Å²) >= 11 is 0. The predicted molar refractivity (Wildman–Crippen MR) is 122 cm³/mol. The molecule has 1 aliphatic rings. The Morgan fingerprint density at radius 1 is 0.969 bits per heavy atom. The fraction of sp³-hybridized carbons (Fsp3) is 0.231. The van der Waals surface area contributed by atoms with Crippen LogP contribution in [0.3, 0.4) is 0 Å². The van der Waals surface area contributed by atoms with Crippen LogP contribution in [0.4, 0.5) is 0 Å². The molecule has 4 rings (SSSR count). The smallest absolute Gasteiger partial charge is 0.255 e. The molecule has 32 heavy (non-hydrogen) atoms. The molecule has 1 N–H and O–H groups in total. The van der Waals surface area contributed by atoms with Gasteiger partial charge in [-0.3, -0.25) is 9.59 Å². The van der Waals surface area contributed by atoms with Crippen LogP contribution in [0.1, 0.15) is 39.5 Å². The SMILES string of the molecule is COc1ccc([C@@H](CC(=O)NCc2ccccc2)N2Cc3ccccc3C2=O)cc1OC. The number of benzene rings is 3. The lowest BCUT2D eigenvalue weighted by atomic mass is 10.0. The summed E-state index contributed by atoms with van der Waals surface area (Å²) in [6, 6.07) is 22.4. The van der Waals surface area contributed by atoms with Gasteiger partial charge >= 0.3 is 0 Å². The number of hydrogen-bond donors (Lipinski definition) is 1. The van der Waals surface area contributed by atoms with Crippen molar-refractivity contribution in [3.63, 3.8) is 0 Å². The molecule has 0 fully saturated rings. The van der Waals surface area contributed by atoms with Crippen molar-refractivity contribution >= 4 is 11.8 Å². The van der Waals surface area contributed by atoms with E-state index in [1.807, 2.05) is 66.7 Å². The molecule has 3 aromatic carbocycles. The summed E-state index contributed by atoms with van der Waals surface area (Å²) in [5.74, 6) is 0.956. The van der Waals surface area contributed by atoms with Gasteiger partial charge in [0.1, 0.15) is 0 Å². The summed E-state index contributed by atoms with van der Waals surface area (Å²) in [5, 5.41) is 2.98. The average molecular weight is 431 g/mol. The first-order valence-electron chi connectivity index (χ1n) is 10.5. The molecular weight excluding hydrogens is 404 g/mol. The predicted octanol–water partition coefficient (Wildman–Crippen LogP) is 4.11. The second kappa shape index (κ2) is 9.56. The van der Waals surface area contributed by atoms with Crippen molar-refractivity contribution < 1.29 is 19.1 Å². The molecule has 1 atom stereocenters. The van der Waals surface area contributed by atoms with E-state index in [1.54, 1.807) is 25.2 Å². The highest BCUT2D eigenvalue weighted by atomic mass is 16.5. The molecule has 3 aromatic rings. The third-order valence-corrected chi connectivity index (χ3v) is 5.73. The number of amides is 2. The van der Waals surface area contributed by atoms with E-state index in [0.717, 1.165) is 16.7 Å². The van der Waals surface area contributed by atoms with E-state index in [1.165, 1.54) is 0 Å². The van der Waals surface area contributed by atoms with Gasteiger partial charge in [0, 0.05) is 18.7 Å². The summed E-state index contributed by atoms with van der Waals surface area (Å²) in [7, 11) is 3.15. The van der Waals surface area contributed by atoms with Crippen molar-refractivity contribution in [2.45, 2.75) is 25.6 Å². The van der Waals surface area contributed by atoms with E-state index in [0.29, 0.717) is 30.2 Å². The number of methoxy groups -OCH3 is 2. The van der Waals surface area contributed by atoms with Gasteiger partial charge in [0.2, 0.25) is 5.91 Å². The zero-order chi connectivity index (χ0) is 22.5. The van der Waals surface area contributed by atoms with Crippen LogP contribution in [0.25, 0.3) is 0 Å². The van der Waals surface area contributed by atoms with E-state index in [-0.39, 0.29) is 18.2 Å². The number of carbonyl (C=O) groups excluding carboxylic acids is 2. The maximum absolute atomic E-state index is 13.2. The summed E-state index contributed by atoms with van der Waals surface area (Å²) in [6.07, 6.45) is 0.141. The van der Waals surface area contributed by atoms with Crippen LogP contribution < -0.4 is 14.8 Å². The number of ether oxygens (including phenoxy) is 2. The first-order valence-corrected chi connectivity index (χ1v) is 10.5. The van der Waals surface area contributed by atoms with Gasteiger partial charge in [-0.05, 0) is 34.9 Å². The summed E-state index contributed by atoms with van der Waals surface area (Å²) in [6.45, 7) is 0.895. The van der Waals surface area contributed by atoms with Crippen molar-refractivity contribution in [3.8, 4) is 11.5 Å². The molecule has 0 bridgehead atoms. The van der Waals surface area contributed by atoms with Crippen molar-refractivity contribution in [3.05, 3.63) is 95.1 Å². The highest BCUT2D eigenvalue weighted by Crippen LogP contribution is 2.37. The molecule has 0 unspecified atom stereocenters. The Labute approximate surface area is 187 Å². The van der Waals surface area contributed by atoms with E-state index >= 15 is 0 Å². The van der Waals surface area contributed by atoms with E-state index < -0.39 is 6.04 Å². The third-order valence-electron chi connectivity index (χ3n) is 5.73. The summed E-state index contributed by atoms with van der Waals surface area (Å²) < 4.78 is 10.8. The summed E-state index contributed by atoms with van der Waals surface area (Å²) in [4.78, 5) is 27.9. The number of hydrogen-bond acceptors (Lipinski definition) is 4. The van der Waals surface area contributed by atoms with Crippen LogP contribution in [0.5, 0.6) is 11.5 Å². The molecular formula is C26H26N2O4. The van der Waals surface area contributed by atoms with Crippen LogP contribution >= 0.6 is 0 Å². The average Bonchev–Trinajstić information content (AvgIpc) is 3.17. The standard InChI is InChI=1S/C26H26N2O4/c1-31-23-13-12-19(14-24(23)32-2)22(15-25(29)27-16-18-8-4-3-5-9-18)28-17-20-10-6-7-11-21(20)26(28)30/h3-14,22H,15-17H2,1-2H3,(H,27,29)/t22-/m1/s1. The first-order chi connectivity index (χ1) is 15.6. The second-order valence-corrected chi connectivity index (χ2v) is 7.69. The maximum atomic E-state index is 13.2. The molecule has 0 aliphatic carbocycles. The molecule has 1 heterocycles. The van der Waals surface area contributed by atoms with Gasteiger partial charge in [-0.25, -0.2) is 0 Å². The number of nitrogens with one attached hydrogen (secondary N) is 1. The number of carbonyl (C=O) groups is 2. The topological polar surface area (TPSA) is 67.9 Å². The zero-order valence-corrected chi connectivity index (χ0v) is 18.2. The lowest BCUT2D eigenvalue weighted by molar-refractivity contribution is -0.122. The van der Waals surface area contributed by atoms with Crippen molar-refractivity contribution in [2.75, 3.05) is 14.2 Å². The first kappa shape index (κ1) is 21.4. The van der Waals surface area contributed by atoms with Gasteiger partial charge in [0.15, 0.2) is 11.5 Å². The van der Waals surface area contributed by atoms with Crippen molar-refractivity contribution in [2.24, 2.45) is 0 Å². The number of fused-ring (bicyclic) bond motifs is 1. The van der Waals surface area contributed by atoms with E-state index in [4.69, 9.17) is 9.47 Å². The molecule has 6 nitrogen and oxygen atoms in total.